The minimum atomic E-state index is 0.108. The normalized spacial score (nSPS) is 20.8. The molecule has 1 aromatic heterocycles. The van der Waals surface area contributed by atoms with Gasteiger partial charge in [-0.15, -0.1) is 21.8 Å². The fraction of sp³-hybridized carbons (Fsp3) is 0.778. The first-order valence-corrected chi connectivity index (χ1v) is 5.17. The molecule has 13 heavy (non-hydrogen) atoms. The molecule has 3 nitrogen and oxygen atoms in total. The highest BCUT2D eigenvalue weighted by Crippen LogP contribution is 2.39. The Kier molecular flexibility index (Phi) is 2.28. The first-order chi connectivity index (χ1) is 6.24. The number of alkyl halides is 1. The van der Waals surface area contributed by atoms with E-state index in [0.29, 0.717) is 11.8 Å². The van der Waals surface area contributed by atoms with Crippen LogP contribution in [0.15, 0.2) is 4.42 Å². The maximum atomic E-state index is 5.60. The van der Waals surface area contributed by atoms with Gasteiger partial charge in [0, 0.05) is 5.41 Å². The molecule has 0 saturated heterocycles. The topological polar surface area (TPSA) is 38.9 Å². The molecule has 2 rings (SSSR count). The molecule has 1 aromatic rings. The largest absolute Gasteiger partial charge is 0.423 e. The van der Waals surface area contributed by atoms with Gasteiger partial charge in [0.25, 0.3) is 0 Å². The Balaban J connectivity index is 2.23. The predicted molar refractivity (Wildman–Crippen MR) is 49.7 cm³/mol. The zero-order valence-corrected chi connectivity index (χ0v) is 8.47. The number of nitrogens with zero attached hydrogens (tertiary/aromatic N) is 2. The van der Waals surface area contributed by atoms with Gasteiger partial charge in [0.15, 0.2) is 0 Å². The second-order valence-electron chi connectivity index (χ2n) is 3.90. The van der Waals surface area contributed by atoms with Crippen LogP contribution >= 0.6 is 11.6 Å². The molecule has 1 fully saturated rings. The first-order valence-electron chi connectivity index (χ1n) is 4.63. The quantitative estimate of drug-likeness (QED) is 0.689. The van der Waals surface area contributed by atoms with Crippen LogP contribution in [0.1, 0.15) is 44.4 Å². The highest BCUT2D eigenvalue weighted by molar-refractivity contribution is 6.16. The van der Waals surface area contributed by atoms with Crippen molar-refractivity contribution in [3.63, 3.8) is 0 Å². The number of hydrogen-bond acceptors (Lipinski definition) is 3. The van der Waals surface area contributed by atoms with Gasteiger partial charge in [-0.2, -0.15) is 0 Å². The molecule has 0 bridgehead atoms. The molecule has 0 aromatic carbocycles. The summed E-state index contributed by atoms with van der Waals surface area (Å²) in [5.74, 6) is 1.61. The second-order valence-corrected chi connectivity index (χ2v) is 4.17. The molecule has 0 spiro atoms. The molecule has 1 saturated carbocycles. The van der Waals surface area contributed by atoms with Gasteiger partial charge < -0.3 is 4.42 Å². The molecular weight excluding hydrogens is 188 g/mol. The van der Waals surface area contributed by atoms with Crippen LogP contribution in [0.25, 0.3) is 0 Å². The van der Waals surface area contributed by atoms with Crippen LogP contribution in [0.3, 0.4) is 0 Å². The Bertz CT molecular complexity index is 292. The van der Waals surface area contributed by atoms with E-state index in [-0.39, 0.29) is 5.41 Å². The Morgan fingerprint density at radius 3 is 2.62 bits per heavy atom. The molecular formula is C9H13ClN2O. The zero-order valence-electron chi connectivity index (χ0n) is 7.72. The third-order valence-corrected chi connectivity index (χ3v) is 3.03. The molecule has 0 aliphatic heterocycles. The SMILES string of the molecule is CC1(c2nnc(CCl)o2)CCCC1. The van der Waals surface area contributed by atoms with Gasteiger partial charge in [-0.25, -0.2) is 0 Å². The van der Waals surface area contributed by atoms with E-state index in [1.54, 1.807) is 0 Å². The van der Waals surface area contributed by atoms with Gasteiger partial charge in [0.1, 0.15) is 5.88 Å². The van der Waals surface area contributed by atoms with Crippen molar-refractivity contribution in [2.24, 2.45) is 0 Å². The Morgan fingerprint density at radius 2 is 2.08 bits per heavy atom. The van der Waals surface area contributed by atoms with Crippen LogP contribution < -0.4 is 0 Å². The van der Waals surface area contributed by atoms with Gasteiger partial charge >= 0.3 is 0 Å². The lowest BCUT2D eigenvalue weighted by Crippen LogP contribution is -2.17. The Hall–Kier alpha value is -0.570. The van der Waals surface area contributed by atoms with E-state index in [1.165, 1.54) is 12.8 Å². The number of aromatic nitrogens is 2. The lowest BCUT2D eigenvalue weighted by molar-refractivity contribution is 0.341. The molecule has 1 aliphatic carbocycles. The average molecular weight is 201 g/mol. The van der Waals surface area contributed by atoms with Crippen LogP contribution in [0.5, 0.6) is 0 Å². The van der Waals surface area contributed by atoms with E-state index in [0.717, 1.165) is 18.7 Å². The molecule has 4 heteroatoms. The third kappa shape index (κ3) is 1.57. The number of halogens is 1. The van der Waals surface area contributed by atoms with Gasteiger partial charge in [0.05, 0.1) is 0 Å². The van der Waals surface area contributed by atoms with Gasteiger partial charge in [-0.3, -0.25) is 0 Å². The van der Waals surface area contributed by atoms with Crippen molar-refractivity contribution in [1.29, 1.82) is 0 Å². The fourth-order valence-corrected chi connectivity index (χ4v) is 2.03. The van der Waals surface area contributed by atoms with Crippen LogP contribution in [0.2, 0.25) is 0 Å². The summed E-state index contributed by atoms with van der Waals surface area (Å²) in [7, 11) is 0. The maximum Gasteiger partial charge on any atom is 0.231 e. The molecule has 0 amide bonds. The molecule has 0 N–H and O–H groups in total. The summed E-state index contributed by atoms with van der Waals surface area (Å²) in [5, 5.41) is 7.92. The zero-order chi connectivity index (χ0) is 9.31. The molecule has 0 atom stereocenters. The fourth-order valence-electron chi connectivity index (χ4n) is 1.92. The van der Waals surface area contributed by atoms with Crippen molar-refractivity contribution in [2.75, 3.05) is 0 Å². The summed E-state index contributed by atoms with van der Waals surface area (Å²) >= 11 is 5.60. The van der Waals surface area contributed by atoms with Crippen LogP contribution in [0, 0.1) is 0 Å². The van der Waals surface area contributed by atoms with E-state index >= 15 is 0 Å². The Morgan fingerprint density at radius 1 is 1.38 bits per heavy atom. The highest BCUT2D eigenvalue weighted by Gasteiger charge is 2.35. The lowest BCUT2D eigenvalue weighted by Gasteiger charge is -2.17. The van der Waals surface area contributed by atoms with Crippen LogP contribution in [-0.4, -0.2) is 10.2 Å². The second kappa shape index (κ2) is 3.29. The molecule has 0 radical (unpaired) electrons. The van der Waals surface area contributed by atoms with E-state index in [4.69, 9.17) is 16.0 Å². The number of hydrogen-bond donors (Lipinski definition) is 0. The monoisotopic (exact) mass is 200 g/mol. The van der Waals surface area contributed by atoms with E-state index < -0.39 is 0 Å². The summed E-state index contributed by atoms with van der Waals surface area (Å²) in [6.45, 7) is 2.19. The van der Waals surface area contributed by atoms with Crippen molar-refractivity contribution < 1.29 is 4.42 Å². The predicted octanol–water partition coefficient (Wildman–Crippen LogP) is 2.64. The van der Waals surface area contributed by atoms with Crippen LogP contribution in [0.4, 0.5) is 0 Å². The van der Waals surface area contributed by atoms with Gasteiger partial charge in [0.2, 0.25) is 11.8 Å². The van der Waals surface area contributed by atoms with Crippen molar-refractivity contribution in [3.8, 4) is 0 Å². The summed E-state index contributed by atoms with van der Waals surface area (Å²) in [6.07, 6.45) is 4.82. The summed E-state index contributed by atoms with van der Waals surface area (Å²) in [4.78, 5) is 0. The summed E-state index contributed by atoms with van der Waals surface area (Å²) in [6, 6.07) is 0. The first kappa shape index (κ1) is 9.00. The van der Waals surface area contributed by atoms with Crippen LogP contribution in [-0.2, 0) is 11.3 Å². The smallest absolute Gasteiger partial charge is 0.231 e. The van der Waals surface area contributed by atoms with E-state index in [1.807, 2.05) is 0 Å². The van der Waals surface area contributed by atoms with Gasteiger partial charge in [-0.1, -0.05) is 19.8 Å². The molecule has 1 heterocycles. The van der Waals surface area contributed by atoms with Crippen molar-refractivity contribution in [3.05, 3.63) is 11.8 Å². The molecule has 1 aliphatic rings. The lowest BCUT2D eigenvalue weighted by atomic mass is 9.89. The van der Waals surface area contributed by atoms with Gasteiger partial charge in [-0.05, 0) is 12.8 Å². The maximum absolute atomic E-state index is 5.60. The molecule has 72 valence electrons. The van der Waals surface area contributed by atoms with Crippen molar-refractivity contribution in [2.45, 2.75) is 43.9 Å². The molecule has 0 unspecified atom stereocenters. The number of rotatable bonds is 2. The average Bonchev–Trinajstić information content (AvgIpc) is 2.72. The summed E-state index contributed by atoms with van der Waals surface area (Å²) < 4.78 is 5.47. The highest BCUT2D eigenvalue weighted by atomic mass is 35.5. The minimum Gasteiger partial charge on any atom is -0.423 e. The van der Waals surface area contributed by atoms with Crippen molar-refractivity contribution in [1.82, 2.24) is 10.2 Å². The summed E-state index contributed by atoms with van der Waals surface area (Å²) in [5.41, 5.74) is 0.108. The van der Waals surface area contributed by atoms with Crippen molar-refractivity contribution >= 4 is 11.6 Å². The van der Waals surface area contributed by atoms with E-state index in [2.05, 4.69) is 17.1 Å². The standard InChI is InChI=1S/C9H13ClN2O/c1-9(4-2-3-5-9)8-12-11-7(6-10)13-8/h2-6H2,1H3. The third-order valence-electron chi connectivity index (χ3n) is 2.80. The van der Waals surface area contributed by atoms with E-state index in [9.17, 15) is 0 Å². The Labute approximate surface area is 82.5 Å². The minimum absolute atomic E-state index is 0.108.